The van der Waals surface area contributed by atoms with Gasteiger partial charge in [0.1, 0.15) is 5.69 Å². The molecular weight excluding hydrogens is 256 g/mol. The van der Waals surface area contributed by atoms with Crippen LogP contribution in [0.15, 0.2) is 22.9 Å². The highest BCUT2D eigenvalue weighted by molar-refractivity contribution is 5.90. The number of hydrogen-bond acceptors (Lipinski definition) is 5. The number of nitrogens with zero attached hydrogens (tertiary/aromatic N) is 3. The van der Waals surface area contributed by atoms with Gasteiger partial charge in [0.15, 0.2) is 0 Å². The molecule has 1 amide bonds. The number of amides is 1. The fourth-order valence-corrected chi connectivity index (χ4v) is 2.54. The van der Waals surface area contributed by atoms with Gasteiger partial charge >= 0.3 is 0 Å². The van der Waals surface area contributed by atoms with E-state index in [9.17, 15) is 4.79 Å². The Hall–Kier alpha value is -2.24. The van der Waals surface area contributed by atoms with Crippen molar-refractivity contribution in [2.45, 2.75) is 38.0 Å². The maximum Gasteiger partial charge on any atom is 0.267 e. The first kappa shape index (κ1) is 12.8. The van der Waals surface area contributed by atoms with Crippen molar-refractivity contribution in [1.82, 2.24) is 15.1 Å². The fraction of sp³-hybridized carbons (Fsp3) is 0.429. The van der Waals surface area contributed by atoms with E-state index in [2.05, 4.69) is 15.1 Å². The predicted octanol–water partition coefficient (Wildman–Crippen LogP) is 2.28. The molecule has 0 spiro atoms. The van der Waals surface area contributed by atoms with Crippen molar-refractivity contribution in [3.8, 4) is 11.4 Å². The predicted molar refractivity (Wildman–Crippen MR) is 71.9 cm³/mol. The number of hydrogen-bond donors (Lipinski definition) is 1. The van der Waals surface area contributed by atoms with E-state index in [1.807, 2.05) is 0 Å². The largest absolute Gasteiger partial charge is 0.364 e. The maximum atomic E-state index is 11.0. The van der Waals surface area contributed by atoms with Crippen LogP contribution in [0.25, 0.3) is 11.4 Å². The molecule has 20 heavy (non-hydrogen) atoms. The van der Waals surface area contributed by atoms with Crippen molar-refractivity contribution < 1.29 is 9.32 Å². The molecule has 6 nitrogen and oxygen atoms in total. The summed E-state index contributed by atoms with van der Waals surface area (Å²) in [6.07, 6.45) is 7.49. The van der Waals surface area contributed by atoms with Gasteiger partial charge in [0, 0.05) is 17.7 Å². The van der Waals surface area contributed by atoms with Crippen molar-refractivity contribution in [2.75, 3.05) is 0 Å². The molecule has 1 aliphatic rings. The van der Waals surface area contributed by atoms with Crippen molar-refractivity contribution in [2.24, 2.45) is 5.73 Å². The van der Waals surface area contributed by atoms with Crippen LogP contribution >= 0.6 is 0 Å². The van der Waals surface area contributed by atoms with Crippen LogP contribution in [0.1, 0.15) is 54.4 Å². The van der Waals surface area contributed by atoms with E-state index in [0.717, 1.165) is 18.4 Å². The van der Waals surface area contributed by atoms with Crippen LogP contribution in [0, 0.1) is 0 Å². The molecule has 2 N–H and O–H groups in total. The minimum absolute atomic E-state index is 0.227. The molecule has 1 saturated carbocycles. The van der Waals surface area contributed by atoms with Crippen molar-refractivity contribution >= 4 is 5.91 Å². The van der Waals surface area contributed by atoms with Gasteiger partial charge in [-0.15, -0.1) is 0 Å². The highest BCUT2D eigenvalue weighted by Crippen LogP contribution is 2.32. The Kier molecular flexibility index (Phi) is 3.45. The second kappa shape index (κ2) is 5.40. The molecule has 0 saturated heterocycles. The van der Waals surface area contributed by atoms with Crippen molar-refractivity contribution in [3.63, 3.8) is 0 Å². The van der Waals surface area contributed by atoms with E-state index < -0.39 is 5.91 Å². The molecule has 2 heterocycles. The molecule has 3 rings (SSSR count). The number of rotatable bonds is 3. The van der Waals surface area contributed by atoms with Crippen LogP contribution in [0.4, 0.5) is 0 Å². The zero-order chi connectivity index (χ0) is 13.9. The summed E-state index contributed by atoms with van der Waals surface area (Å²) in [5.41, 5.74) is 6.10. The summed E-state index contributed by atoms with van der Waals surface area (Å²) < 4.78 is 5.36. The normalized spacial score (nSPS) is 16.2. The average Bonchev–Trinajstić information content (AvgIpc) is 2.98. The summed E-state index contributed by atoms with van der Waals surface area (Å²) in [4.78, 5) is 19.4. The second-order valence-corrected chi connectivity index (χ2v) is 5.09. The third-order valence-corrected chi connectivity index (χ3v) is 3.67. The molecule has 0 aliphatic heterocycles. The van der Waals surface area contributed by atoms with E-state index in [-0.39, 0.29) is 5.69 Å². The molecule has 0 atom stereocenters. The number of pyridine rings is 1. The summed E-state index contributed by atoms with van der Waals surface area (Å²) in [5.74, 6) is 1.04. The molecular formula is C14H16N4O2. The standard InChI is InChI=1S/C14H16N4O2/c15-12(19)11-7-6-10(8-16-11)13-17-14(20-18-13)9-4-2-1-3-5-9/h6-9H,1-5H2,(H2,15,19). The second-order valence-electron chi connectivity index (χ2n) is 5.09. The van der Waals surface area contributed by atoms with E-state index in [0.29, 0.717) is 17.6 Å². The SMILES string of the molecule is NC(=O)c1ccc(-c2noc(C3CCCCC3)n2)cn1. The fourth-order valence-electron chi connectivity index (χ4n) is 2.54. The quantitative estimate of drug-likeness (QED) is 0.924. The van der Waals surface area contributed by atoms with Gasteiger partial charge in [-0.3, -0.25) is 9.78 Å². The molecule has 2 aromatic heterocycles. The minimum atomic E-state index is -0.549. The minimum Gasteiger partial charge on any atom is -0.364 e. The number of carbonyl (C=O) groups is 1. The van der Waals surface area contributed by atoms with Gasteiger partial charge in [-0.05, 0) is 25.0 Å². The lowest BCUT2D eigenvalue weighted by molar-refractivity contribution is 0.0995. The molecule has 0 bridgehead atoms. The molecule has 0 aromatic carbocycles. The summed E-state index contributed by atoms with van der Waals surface area (Å²) in [6, 6.07) is 3.29. The maximum absolute atomic E-state index is 11.0. The highest BCUT2D eigenvalue weighted by atomic mass is 16.5. The Morgan fingerprint density at radius 2 is 2.05 bits per heavy atom. The van der Waals surface area contributed by atoms with E-state index in [4.69, 9.17) is 10.3 Å². The first-order valence-electron chi connectivity index (χ1n) is 6.84. The summed E-state index contributed by atoms with van der Waals surface area (Å²) in [7, 11) is 0. The van der Waals surface area contributed by atoms with Crippen LogP contribution in [-0.2, 0) is 0 Å². The van der Waals surface area contributed by atoms with Crippen molar-refractivity contribution in [1.29, 1.82) is 0 Å². The molecule has 0 unspecified atom stereocenters. The molecule has 2 aromatic rings. The van der Waals surface area contributed by atoms with Crippen LogP contribution < -0.4 is 5.73 Å². The molecule has 104 valence electrons. The van der Waals surface area contributed by atoms with E-state index in [1.54, 1.807) is 12.1 Å². The van der Waals surface area contributed by atoms with Crippen LogP contribution in [-0.4, -0.2) is 21.0 Å². The van der Waals surface area contributed by atoms with Gasteiger partial charge < -0.3 is 10.3 Å². The zero-order valence-electron chi connectivity index (χ0n) is 11.1. The van der Waals surface area contributed by atoms with Gasteiger partial charge in [-0.1, -0.05) is 24.4 Å². The van der Waals surface area contributed by atoms with Gasteiger partial charge in [0.25, 0.3) is 5.91 Å². The van der Waals surface area contributed by atoms with E-state index in [1.165, 1.54) is 25.5 Å². The Morgan fingerprint density at radius 3 is 2.70 bits per heavy atom. The monoisotopic (exact) mass is 272 g/mol. The van der Waals surface area contributed by atoms with Gasteiger partial charge in [-0.25, -0.2) is 0 Å². The lowest BCUT2D eigenvalue weighted by Crippen LogP contribution is -2.12. The zero-order valence-corrected chi connectivity index (χ0v) is 11.1. The Morgan fingerprint density at radius 1 is 1.25 bits per heavy atom. The molecule has 1 aliphatic carbocycles. The Labute approximate surface area is 116 Å². The van der Waals surface area contributed by atoms with Crippen molar-refractivity contribution in [3.05, 3.63) is 29.9 Å². The summed E-state index contributed by atoms with van der Waals surface area (Å²) in [5, 5.41) is 3.99. The van der Waals surface area contributed by atoms with Crippen LogP contribution in [0.5, 0.6) is 0 Å². The first-order chi connectivity index (χ1) is 9.74. The summed E-state index contributed by atoms with van der Waals surface area (Å²) >= 11 is 0. The van der Waals surface area contributed by atoms with Gasteiger partial charge in [0.2, 0.25) is 11.7 Å². The number of primary amides is 1. The lowest BCUT2D eigenvalue weighted by atomic mass is 9.89. The summed E-state index contributed by atoms with van der Waals surface area (Å²) in [6.45, 7) is 0. The van der Waals surface area contributed by atoms with E-state index >= 15 is 0 Å². The molecule has 6 heteroatoms. The number of aromatic nitrogens is 3. The molecule has 0 radical (unpaired) electrons. The lowest BCUT2D eigenvalue weighted by Gasteiger charge is -2.17. The third kappa shape index (κ3) is 2.54. The Balaban J connectivity index is 1.80. The third-order valence-electron chi connectivity index (χ3n) is 3.67. The van der Waals surface area contributed by atoms with Crippen LogP contribution in [0.2, 0.25) is 0 Å². The smallest absolute Gasteiger partial charge is 0.267 e. The number of nitrogens with two attached hydrogens (primary N) is 1. The Bertz CT molecular complexity index is 600. The van der Waals surface area contributed by atoms with Gasteiger partial charge in [-0.2, -0.15) is 4.98 Å². The topological polar surface area (TPSA) is 94.9 Å². The molecule has 1 fully saturated rings. The first-order valence-corrected chi connectivity index (χ1v) is 6.84. The average molecular weight is 272 g/mol. The van der Waals surface area contributed by atoms with Crippen LogP contribution in [0.3, 0.4) is 0 Å². The number of carbonyl (C=O) groups excluding carboxylic acids is 1. The van der Waals surface area contributed by atoms with Gasteiger partial charge in [0.05, 0.1) is 0 Å². The highest BCUT2D eigenvalue weighted by Gasteiger charge is 2.22.